The van der Waals surface area contributed by atoms with Gasteiger partial charge in [-0.05, 0) is 0 Å². The number of benzene rings is 4. The molecule has 1 heterocycles. The minimum absolute atomic E-state index is 0. The van der Waals surface area contributed by atoms with E-state index in [2.05, 4.69) is 158 Å². The molecule has 0 N–H and O–H groups in total. The summed E-state index contributed by atoms with van der Waals surface area (Å²) in [6, 6.07) is 49.3. The first-order valence-electron chi connectivity index (χ1n) is 13.0. The van der Waals surface area contributed by atoms with Crippen LogP contribution in [0.2, 0.25) is 13.1 Å². The van der Waals surface area contributed by atoms with Gasteiger partial charge in [0.05, 0.1) is 0 Å². The first-order chi connectivity index (χ1) is 17.6. The summed E-state index contributed by atoms with van der Waals surface area (Å²) in [5, 5.41) is 0. The summed E-state index contributed by atoms with van der Waals surface area (Å²) in [6.45, 7) is 3.72. The number of hydrogen-bond donors (Lipinski definition) is 0. The molecule has 5 heteroatoms. The Morgan fingerprint density at radius 1 is 0.579 bits per heavy atom. The van der Waals surface area contributed by atoms with E-state index in [0.29, 0.717) is 12.4 Å². The van der Waals surface area contributed by atoms with Crippen molar-refractivity contribution < 1.29 is 13.3 Å². The average molecular weight is 609 g/mol. The Kier molecular flexibility index (Phi) is 7.97. The molecule has 2 unspecified atom stereocenters. The van der Waals surface area contributed by atoms with E-state index in [0.717, 1.165) is 0 Å². The van der Waals surface area contributed by atoms with Crippen molar-refractivity contribution in [1.29, 1.82) is 0 Å². The van der Waals surface area contributed by atoms with Crippen LogP contribution in [0.5, 0.6) is 0 Å². The van der Waals surface area contributed by atoms with Crippen molar-refractivity contribution in [3.63, 3.8) is 0 Å². The molecule has 5 aromatic rings. The van der Waals surface area contributed by atoms with Crippen LogP contribution < -0.4 is 15.2 Å². The quantitative estimate of drug-likeness (QED) is 0.180. The van der Waals surface area contributed by atoms with Gasteiger partial charge in [0.15, 0.2) is 0 Å². The first-order valence-corrected chi connectivity index (χ1v) is 23.7. The molecular weight excluding hydrogens is 574 g/mol. The largest absolute Gasteiger partial charge is 0.147 e. The third kappa shape index (κ3) is 3.10. The Balaban J connectivity index is 0.00000168. The molecule has 0 aliphatic heterocycles. The SMILES string of the molecule is C[SiH](C)[Ti]([c]1ccccc1)([c]1ccccc1)([c]1ccccc1)([c]1ccc[pH]1)[CH]1C=Cc2ccccc21.Cl.Cl. The van der Waals surface area contributed by atoms with Crippen LogP contribution in [-0.2, 0) is 13.3 Å². The zero-order valence-electron chi connectivity index (χ0n) is 21.8. The number of rotatable bonds is 6. The van der Waals surface area contributed by atoms with Gasteiger partial charge in [0, 0.05) is 0 Å². The predicted octanol–water partition coefficient (Wildman–Crippen LogP) is 7.14. The second kappa shape index (κ2) is 10.5. The minimum atomic E-state index is -4.98. The molecule has 0 nitrogen and oxygen atoms in total. The Morgan fingerprint density at radius 3 is 1.50 bits per heavy atom. The minimum Gasteiger partial charge on any atom is -0.147 e. The molecule has 38 heavy (non-hydrogen) atoms. The Bertz CT molecular complexity index is 1450. The molecule has 0 amide bonds. The Morgan fingerprint density at radius 2 is 1.05 bits per heavy atom. The molecule has 0 spiro atoms. The van der Waals surface area contributed by atoms with Gasteiger partial charge in [-0.25, -0.2) is 0 Å². The van der Waals surface area contributed by atoms with Crippen molar-refractivity contribution in [3.8, 4) is 0 Å². The molecule has 194 valence electrons. The second-order valence-electron chi connectivity index (χ2n) is 10.9. The Hall–Kier alpha value is -2.09. The van der Waals surface area contributed by atoms with Crippen molar-refractivity contribution in [2.45, 2.75) is 17.3 Å². The average Bonchev–Trinajstić information content (AvgIpc) is 3.64. The fraction of sp³-hybridized carbons (Fsp3) is 0.0909. The van der Waals surface area contributed by atoms with E-state index >= 15 is 0 Å². The van der Waals surface area contributed by atoms with E-state index in [-0.39, 0.29) is 24.8 Å². The first kappa shape index (κ1) is 28.9. The van der Waals surface area contributed by atoms with Gasteiger partial charge in [0.2, 0.25) is 0 Å². The molecule has 4 aromatic carbocycles. The smallest absolute Gasteiger partial charge is 0.147 e. The number of fused-ring (bicyclic) bond motifs is 1. The molecule has 1 aromatic heterocycles. The topological polar surface area (TPSA) is 0 Å². The van der Waals surface area contributed by atoms with Crippen LogP contribution in [0.25, 0.3) is 6.08 Å². The maximum atomic E-state index is 2.66. The van der Waals surface area contributed by atoms with Crippen LogP contribution in [-0.4, -0.2) is 6.66 Å². The third-order valence-corrected chi connectivity index (χ3v) is 53.8. The van der Waals surface area contributed by atoms with E-state index in [1.165, 1.54) is 11.1 Å². The molecule has 0 radical (unpaired) electrons. The fourth-order valence-electron chi connectivity index (χ4n) is 8.63. The van der Waals surface area contributed by atoms with Crippen LogP contribution in [0, 0.1) is 0 Å². The summed E-state index contributed by atoms with van der Waals surface area (Å²) in [4.78, 5) is 0. The molecule has 1 aliphatic rings. The normalized spacial score (nSPS) is 16.2. The van der Waals surface area contributed by atoms with Gasteiger partial charge >= 0.3 is 217 Å². The van der Waals surface area contributed by atoms with Gasteiger partial charge < -0.3 is 0 Å². The molecule has 0 bridgehead atoms. The Labute approximate surface area is 240 Å². The molecule has 1 aliphatic carbocycles. The summed E-state index contributed by atoms with van der Waals surface area (Å²) >= 11 is -4.98. The van der Waals surface area contributed by atoms with Crippen molar-refractivity contribution in [2.75, 3.05) is 0 Å². The van der Waals surface area contributed by atoms with Gasteiger partial charge in [0.1, 0.15) is 0 Å². The maximum absolute atomic E-state index is 4.98. The van der Waals surface area contributed by atoms with Crippen LogP contribution in [0.1, 0.15) is 15.3 Å². The van der Waals surface area contributed by atoms with Crippen molar-refractivity contribution in [3.05, 3.63) is 150 Å². The summed E-state index contributed by atoms with van der Waals surface area (Å²) in [5.41, 5.74) is 2.88. The van der Waals surface area contributed by atoms with E-state index in [4.69, 9.17) is 0 Å². The fourth-order valence-corrected chi connectivity index (χ4v) is 55.5. The maximum Gasteiger partial charge on any atom is -0.147 e. The molecular formula is C33H35Cl2PSiTi. The van der Waals surface area contributed by atoms with Crippen LogP contribution in [0.3, 0.4) is 0 Å². The predicted molar refractivity (Wildman–Crippen MR) is 175 cm³/mol. The number of allylic oxidation sites excluding steroid dienone is 1. The van der Waals surface area contributed by atoms with Crippen LogP contribution in [0.4, 0.5) is 0 Å². The molecule has 0 saturated carbocycles. The van der Waals surface area contributed by atoms with Crippen molar-refractivity contribution in [2.24, 2.45) is 0 Å². The van der Waals surface area contributed by atoms with E-state index in [9.17, 15) is 0 Å². The summed E-state index contributed by atoms with van der Waals surface area (Å²) in [6.07, 6.45) is 5.03. The van der Waals surface area contributed by atoms with Gasteiger partial charge in [0.25, 0.3) is 0 Å². The van der Waals surface area contributed by atoms with Gasteiger partial charge in [-0.3, -0.25) is 0 Å². The number of hydrogen-bond acceptors (Lipinski definition) is 0. The third-order valence-electron chi connectivity index (χ3n) is 10.0. The van der Waals surface area contributed by atoms with Crippen LogP contribution in [0.15, 0.2) is 139 Å². The summed E-state index contributed by atoms with van der Waals surface area (Å²) in [7, 11) is 0.691. The van der Waals surface area contributed by atoms with Crippen LogP contribution >= 0.6 is 33.0 Å². The zero-order valence-corrected chi connectivity index (χ0v) is 27.2. The van der Waals surface area contributed by atoms with Gasteiger partial charge in [-0.15, -0.1) is 24.8 Å². The van der Waals surface area contributed by atoms with E-state index in [1.54, 1.807) is 15.2 Å². The van der Waals surface area contributed by atoms with Gasteiger partial charge in [-0.1, -0.05) is 0 Å². The zero-order chi connectivity index (χ0) is 24.7. The summed E-state index contributed by atoms with van der Waals surface area (Å²) in [5.74, 6) is 2.43. The van der Waals surface area contributed by atoms with E-state index in [1.807, 2.05) is 0 Å². The van der Waals surface area contributed by atoms with Crippen molar-refractivity contribution >= 4 is 61.0 Å². The second-order valence-corrected chi connectivity index (χ2v) is 37.7. The monoisotopic (exact) mass is 608 g/mol. The molecule has 2 atom stereocenters. The molecule has 0 fully saturated rings. The molecule has 6 rings (SSSR count). The van der Waals surface area contributed by atoms with Gasteiger partial charge in [-0.2, -0.15) is 0 Å². The van der Waals surface area contributed by atoms with E-state index < -0.39 is 19.9 Å². The standard InChI is InChI=1S/C9H7.3C6H5.C4H4P.C2H7Si.2ClH.Ti/c1-2-5-9-7-3-6-8(9)4-1;3*1-2-4-6-5-3-1;1-2-4-5-3-1;1-3-2;;;/h1-7H;3*1-5H;1-3,5H;3H,1-2H3;2*1H;. The van der Waals surface area contributed by atoms with Crippen molar-refractivity contribution in [1.82, 2.24) is 0 Å². The number of halogens is 2. The molecule has 0 saturated heterocycles. The summed E-state index contributed by atoms with van der Waals surface area (Å²) < 4.78 is 6.73.